The van der Waals surface area contributed by atoms with E-state index in [9.17, 15) is 20.2 Å². The second-order valence-electron chi connectivity index (χ2n) is 6.45. The molecule has 0 amide bonds. The van der Waals surface area contributed by atoms with Crippen molar-refractivity contribution in [3.8, 4) is 11.8 Å². The predicted octanol–water partition coefficient (Wildman–Crippen LogP) is 5.70. The number of rotatable bonds is 7. The second-order valence-corrected chi connectivity index (χ2v) is 7.31. The van der Waals surface area contributed by atoms with Crippen LogP contribution in [0.1, 0.15) is 27.0 Å². The molecule has 3 aromatic rings. The number of allylic oxidation sites excluding steroid dienone is 1. The molecular weight excluding hydrogens is 464 g/mol. The van der Waals surface area contributed by atoms with E-state index >= 15 is 0 Å². The lowest BCUT2D eigenvalue weighted by Crippen LogP contribution is -1.97. The van der Waals surface area contributed by atoms with Crippen LogP contribution in [0.3, 0.4) is 0 Å². The molecule has 0 aromatic heterocycles. The Balaban J connectivity index is 1.73. The number of nitriles is 1. The van der Waals surface area contributed by atoms with E-state index < -0.39 is 10.9 Å². The summed E-state index contributed by atoms with van der Waals surface area (Å²) >= 11 is 3.45. The zero-order valence-corrected chi connectivity index (χ0v) is 17.6. The minimum atomic E-state index is -1.03. The van der Waals surface area contributed by atoms with Gasteiger partial charge in [0.2, 0.25) is 0 Å². The van der Waals surface area contributed by atoms with Gasteiger partial charge in [-0.15, -0.1) is 0 Å². The summed E-state index contributed by atoms with van der Waals surface area (Å²) in [5, 5.41) is 29.2. The fourth-order valence-electron chi connectivity index (χ4n) is 2.74. The van der Waals surface area contributed by atoms with Crippen molar-refractivity contribution in [1.82, 2.24) is 0 Å². The Morgan fingerprint density at radius 1 is 1.10 bits per heavy atom. The molecule has 154 valence electrons. The molecule has 0 fully saturated rings. The molecule has 31 heavy (non-hydrogen) atoms. The van der Waals surface area contributed by atoms with E-state index in [4.69, 9.17) is 9.84 Å². The Hall–Kier alpha value is -3.96. The zero-order valence-electron chi connectivity index (χ0n) is 16.0. The molecule has 0 saturated carbocycles. The number of nitro groups is 1. The van der Waals surface area contributed by atoms with Crippen molar-refractivity contribution in [3.05, 3.63) is 104 Å². The van der Waals surface area contributed by atoms with Crippen molar-refractivity contribution in [2.45, 2.75) is 6.61 Å². The van der Waals surface area contributed by atoms with Crippen molar-refractivity contribution in [3.63, 3.8) is 0 Å². The van der Waals surface area contributed by atoms with Crippen LogP contribution in [0.15, 0.2) is 71.2 Å². The average molecular weight is 479 g/mol. The van der Waals surface area contributed by atoms with Gasteiger partial charge < -0.3 is 9.84 Å². The first-order valence-electron chi connectivity index (χ1n) is 8.98. The van der Waals surface area contributed by atoms with Gasteiger partial charge in [0, 0.05) is 12.1 Å². The van der Waals surface area contributed by atoms with Crippen LogP contribution in [0.5, 0.6) is 5.75 Å². The van der Waals surface area contributed by atoms with E-state index in [2.05, 4.69) is 22.0 Å². The number of non-ortho nitro benzene ring substituents is 1. The molecule has 0 heterocycles. The van der Waals surface area contributed by atoms with Crippen LogP contribution in [0.2, 0.25) is 0 Å². The number of nitro benzene ring substituents is 1. The quantitative estimate of drug-likeness (QED) is 0.201. The first-order chi connectivity index (χ1) is 14.9. The summed E-state index contributed by atoms with van der Waals surface area (Å²) in [6, 6.07) is 19.7. The molecule has 0 aliphatic heterocycles. The zero-order chi connectivity index (χ0) is 22.4. The molecule has 0 unspecified atom stereocenters. The number of aromatic carboxylic acids is 1. The van der Waals surface area contributed by atoms with Gasteiger partial charge in [0.1, 0.15) is 12.4 Å². The minimum Gasteiger partial charge on any atom is -0.488 e. The maximum absolute atomic E-state index is 11.0. The van der Waals surface area contributed by atoms with Crippen LogP contribution >= 0.6 is 15.9 Å². The normalized spacial score (nSPS) is 10.9. The van der Waals surface area contributed by atoms with Crippen molar-refractivity contribution in [1.29, 1.82) is 5.26 Å². The van der Waals surface area contributed by atoms with Gasteiger partial charge in [-0.3, -0.25) is 10.1 Å². The van der Waals surface area contributed by atoms with Crippen molar-refractivity contribution < 1.29 is 19.6 Å². The van der Waals surface area contributed by atoms with Crippen molar-refractivity contribution >= 4 is 39.2 Å². The summed E-state index contributed by atoms with van der Waals surface area (Å²) in [5.41, 5.74) is 2.72. The molecule has 3 aromatic carbocycles. The first-order valence-corrected chi connectivity index (χ1v) is 9.78. The number of nitrogens with zero attached hydrogens (tertiary/aromatic N) is 2. The number of hydrogen-bond donors (Lipinski definition) is 1. The molecule has 0 spiro atoms. The topological polar surface area (TPSA) is 113 Å². The number of carboxylic acids is 1. The second kappa shape index (κ2) is 9.69. The highest BCUT2D eigenvalue weighted by atomic mass is 79.9. The van der Waals surface area contributed by atoms with E-state index in [1.165, 1.54) is 24.3 Å². The van der Waals surface area contributed by atoms with Gasteiger partial charge in [-0.05, 0) is 75.1 Å². The van der Waals surface area contributed by atoms with Gasteiger partial charge in [-0.1, -0.05) is 18.2 Å². The lowest BCUT2D eigenvalue weighted by Gasteiger charge is -2.09. The maximum atomic E-state index is 11.0. The molecule has 0 aliphatic carbocycles. The first kappa shape index (κ1) is 21.7. The summed E-state index contributed by atoms with van der Waals surface area (Å²) in [5.74, 6) is -0.442. The Morgan fingerprint density at radius 2 is 1.74 bits per heavy atom. The third kappa shape index (κ3) is 5.56. The van der Waals surface area contributed by atoms with Crippen molar-refractivity contribution in [2.75, 3.05) is 0 Å². The molecular formula is C23H15BrN2O5. The van der Waals surface area contributed by atoms with Gasteiger partial charge in [0.05, 0.1) is 26.6 Å². The van der Waals surface area contributed by atoms with Crippen LogP contribution < -0.4 is 4.74 Å². The number of hydrogen-bond acceptors (Lipinski definition) is 5. The van der Waals surface area contributed by atoms with Crippen LogP contribution in [-0.2, 0) is 6.61 Å². The van der Waals surface area contributed by atoms with Gasteiger partial charge >= 0.3 is 5.97 Å². The molecule has 3 rings (SSSR count). The smallest absolute Gasteiger partial charge is 0.335 e. The standard InChI is InChI=1S/C23H15BrN2O5/c24-21-12-16(11-19(13-25)17-4-6-18(7-5-17)23(27)28)3-10-22(21)31-14-15-1-8-20(9-2-15)26(29)30/h1-12H,14H2,(H,27,28)/b19-11-. The highest BCUT2D eigenvalue weighted by Gasteiger charge is 2.08. The molecule has 0 aliphatic rings. The Kier molecular flexibility index (Phi) is 6.80. The molecule has 1 N–H and O–H groups in total. The Labute approximate surface area is 186 Å². The minimum absolute atomic E-state index is 0.0203. The van der Waals surface area contributed by atoms with Gasteiger partial charge in [-0.25, -0.2) is 4.79 Å². The summed E-state index contributed by atoms with van der Waals surface area (Å²) < 4.78 is 6.45. The predicted molar refractivity (Wildman–Crippen MR) is 118 cm³/mol. The lowest BCUT2D eigenvalue weighted by molar-refractivity contribution is -0.384. The number of benzene rings is 3. The van der Waals surface area contributed by atoms with E-state index in [0.717, 1.165) is 11.1 Å². The summed E-state index contributed by atoms with van der Waals surface area (Å²) in [6.07, 6.45) is 1.70. The van der Waals surface area contributed by atoms with Gasteiger partial charge in [0.25, 0.3) is 5.69 Å². The lowest BCUT2D eigenvalue weighted by atomic mass is 10.0. The van der Waals surface area contributed by atoms with E-state index in [1.807, 2.05) is 0 Å². The fraction of sp³-hybridized carbons (Fsp3) is 0.0435. The monoisotopic (exact) mass is 478 g/mol. The summed E-state index contributed by atoms with van der Waals surface area (Å²) in [7, 11) is 0. The van der Waals surface area contributed by atoms with Gasteiger partial charge in [0.15, 0.2) is 0 Å². The molecule has 0 saturated heterocycles. The van der Waals surface area contributed by atoms with E-state index in [1.54, 1.807) is 48.5 Å². The number of ether oxygens (including phenoxy) is 1. The summed E-state index contributed by atoms with van der Waals surface area (Å²) in [6.45, 7) is 0.241. The number of carbonyl (C=O) groups is 1. The molecule has 8 heteroatoms. The largest absolute Gasteiger partial charge is 0.488 e. The van der Waals surface area contributed by atoms with Crippen LogP contribution in [0, 0.1) is 21.4 Å². The fourth-order valence-corrected chi connectivity index (χ4v) is 3.25. The molecule has 7 nitrogen and oxygen atoms in total. The highest BCUT2D eigenvalue weighted by Crippen LogP contribution is 2.29. The Morgan fingerprint density at radius 3 is 2.29 bits per heavy atom. The summed E-state index contributed by atoms with van der Waals surface area (Å²) in [4.78, 5) is 21.2. The third-order valence-electron chi connectivity index (χ3n) is 4.37. The number of carboxylic acid groups (broad SMARTS) is 1. The van der Waals surface area contributed by atoms with E-state index in [0.29, 0.717) is 21.4 Å². The number of halogens is 1. The van der Waals surface area contributed by atoms with Crippen LogP contribution in [0.25, 0.3) is 11.6 Å². The molecule has 0 bridgehead atoms. The van der Waals surface area contributed by atoms with Crippen LogP contribution in [-0.4, -0.2) is 16.0 Å². The highest BCUT2D eigenvalue weighted by molar-refractivity contribution is 9.10. The van der Waals surface area contributed by atoms with E-state index in [-0.39, 0.29) is 17.9 Å². The maximum Gasteiger partial charge on any atom is 0.335 e. The Bertz CT molecular complexity index is 1200. The SMILES string of the molecule is N#C/C(=C/c1ccc(OCc2ccc([N+](=O)[O-])cc2)c(Br)c1)c1ccc(C(=O)O)cc1. The molecule has 0 atom stereocenters. The van der Waals surface area contributed by atoms with Crippen molar-refractivity contribution in [2.24, 2.45) is 0 Å². The molecule has 0 radical (unpaired) electrons. The third-order valence-corrected chi connectivity index (χ3v) is 4.99. The van der Waals surface area contributed by atoms with Crippen LogP contribution in [0.4, 0.5) is 5.69 Å². The average Bonchev–Trinajstić information content (AvgIpc) is 2.77. The van der Waals surface area contributed by atoms with Gasteiger partial charge in [-0.2, -0.15) is 5.26 Å².